The van der Waals surface area contributed by atoms with Crippen LogP contribution in [0.3, 0.4) is 0 Å². The average molecular weight is 531 g/mol. The quantitative estimate of drug-likeness (QED) is 0.213. The lowest BCUT2D eigenvalue weighted by molar-refractivity contribution is 0.412. The largest absolute Gasteiger partial charge is 0.507 e. The second kappa shape index (κ2) is 10.4. The standard InChI is InChI=1S/C23H18N10O2S2/c1-35-18-10-16(12-26-32-20(28-30-22(32)36)14-2-6-24-7-3-14)19(34)17(11-18)13-27-33-21(29-31-23(33)37)15-4-8-25-9-5-15/h2-13,34H,1H3,(H,30,36)(H,31,37)/b26-12+,27-13+. The predicted octanol–water partition coefficient (Wildman–Crippen LogP) is 3.80. The van der Waals surface area contributed by atoms with Crippen molar-refractivity contribution in [3.63, 3.8) is 0 Å². The Hall–Kier alpha value is -4.82. The van der Waals surface area contributed by atoms with Gasteiger partial charge in [-0.25, -0.2) is 10.2 Å². The van der Waals surface area contributed by atoms with Crippen LogP contribution in [0.25, 0.3) is 22.8 Å². The molecule has 5 rings (SSSR count). The molecule has 5 aromatic rings. The van der Waals surface area contributed by atoms with E-state index in [1.54, 1.807) is 61.2 Å². The first-order valence-corrected chi connectivity index (χ1v) is 11.5. The minimum atomic E-state index is -0.0748. The lowest BCUT2D eigenvalue weighted by Crippen LogP contribution is -1.99. The maximum atomic E-state index is 11.0. The summed E-state index contributed by atoms with van der Waals surface area (Å²) in [4.78, 5) is 8.03. The smallest absolute Gasteiger partial charge is 0.216 e. The van der Waals surface area contributed by atoms with Crippen LogP contribution < -0.4 is 4.74 Å². The van der Waals surface area contributed by atoms with Gasteiger partial charge in [0, 0.05) is 47.0 Å². The molecule has 1 aromatic carbocycles. The molecule has 4 heterocycles. The third kappa shape index (κ3) is 4.96. The van der Waals surface area contributed by atoms with E-state index >= 15 is 0 Å². The number of methoxy groups -OCH3 is 1. The maximum absolute atomic E-state index is 11.0. The molecule has 0 saturated heterocycles. The van der Waals surface area contributed by atoms with Crippen molar-refractivity contribution < 1.29 is 9.84 Å². The van der Waals surface area contributed by atoms with Gasteiger partial charge in [-0.2, -0.15) is 29.8 Å². The van der Waals surface area contributed by atoms with Crippen molar-refractivity contribution in [2.24, 2.45) is 10.2 Å². The summed E-state index contributed by atoms with van der Waals surface area (Å²) in [7, 11) is 1.52. The normalized spacial score (nSPS) is 11.5. The molecule has 0 fully saturated rings. The number of H-pyrrole nitrogens is 2. The van der Waals surface area contributed by atoms with E-state index in [2.05, 4.69) is 40.6 Å². The number of pyridine rings is 2. The molecule has 0 aliphatic rings. The Kier molecular flexibility index (Phi) is 6.74. The third-order valence-corrected chi connectivity index (χ3v) is 5.71. The molecule has 3 N–H and O–H groups in total. The zero-order valence-electron chi connectivity index (χ0n) is 19.2. The molecule has 37 heavy (non-hydrogen) atoms. The summed E-state index contributed by atoms with van der Waals surface area (Å²) in [6.45, 7) is 0. The lowest BCUT2D eigenvalue weighted by Gasteiger charge is -2.08. The number of aromatic amines is 2. The molecule has 0 amide bonds. The van der Waals surface area contributed by atoms with Gasteiger partial charge in [-0.3, -0.25) is 9.97 Å². The fourth-order valence-electron chi connectivity index (χ4n) is 3.38. The summed E-state index contributed by atoms with van der Waals surface area (Å²) in [6, 6.07) is 10.4. The van der Waals surface area contributed by atoms with Gasteiger partial charge in [0.15, 0.2) is 11.6 Å². The maximum Gasteiger partial charge on any atom is 0.216 e. The molecule has 0 unspecified atom stereocenters. The van der Waals surface area contributed by atoms with Crippen LogP contribution in [0.4, 0.5) is 0 Å². The van der Waals surface area contributed by atoms with E-state index in [0.29, 0.717) is 28.5 Å². The number of nitrogens with one attached hydrogen (secondary N) is 2. The number of ether oxygens (including phenoxy) is 1. The minimum absolute atomic E-state index is 0.0748. The number of nitrogens with zero attached hydrogens (tertiary/aromatic N) is 8. The molecular weight excluding hydrogens is 512 g/mol. The SMILES string of the molecule is COc1cc(/C=N/n2c(-c3ccncc3)n[nH]c2=S)c(O)c(/C=N/n2c(-c3ccncc3)n[nH]c2=S)c1. The number of phenols is 1. The van der Waals surface area contributed by atoms with Crippen LogP contribution in [0, 0.1) is 9.54 Å². The number of phenolic OH excluding ortho intramolecular Hbond substituents is 1. The van der Waals surface area contributed by atoms with E-state index in [1.807, 2.05) is 0 Å². The molecule has 0 radical (unpaired) electrons. The zero-order valence-corrected chi connectivity index (χ0v) is 20.8. The van der Waals surface area contributed by atoms with Gasteiger partial charge < -0.3 is 9.84 Å². The van der Waals surface area contributed by atoms with Crippen molar-refractivity contribution in [1.29, 1.82) is 0 Å². The predicted molar refractivity (Wildman–Crippen MR) is 142 cm³/mol. The van der Waals surface area contributed by atoms with Crippen molar-refractivity contribution in [1.82, 2.24) is 39.7 Å². The fourth-order valence-corrected chi connectivity index (χ4v) is 3.74. The number of aromatic hydroxyl groups is 1. The summed E-state index contributed by atoms with van der Waals surface area (Å²) >= 11 is 10.7. The van der Waals surface area contributed by atoms with E-state index in [9.17, 15) is 5.11 Å². The van der Waals surface area contributed by atoms with E-state index in [0.717, 1.165) is 11.1 Å². The number of hydrogen-bond acceptors (Lipinski definition) is 10. The van der Waals surface area contributed by atoms with Gasteiger partial charge in [0.2, 0.25) is 9.54 Å². The summed E-state index contributed by atoms with van der Waals surface area (Å²) < 4.78 is 8.88. The molecule has 0 aliphatic carbocycles. The molecule has 0 bridgehead atoms. The van der Waals surface area contributed by atoms with Crippen LogP contribution in [-0.4, -0.2) is 64.4 Å². The van der Waals surface area contributed by atoms with Gasteiger partial charge in [0.05, 0.1) is 19.5 Å². The number of aromatic nitrogens is 8. The van der Waals surface area contributed by atoms with E-state index < -0.39 is 0 Å². The van der Waals surface area contributed by atoms with Gasteiger partial charge in [-0.05, 0) is 60.8 Å². The highest BCUT2D eigenvalue weighted by atomic mass is 32.1. The van der Waals surface area contributed by atoms with Crippen LogP contribution in [-0.2, 0) is 0 Å². The third-order valence-electron chi connectivity index (χ3n) is 5.18. The summed E-state index contributed by atoms with van der Waals surface area (Å²) in [5, 5.41) is 33.8. The Bertz CT molecular complexity index is 1600. The fraction of sp³-hybridized carbons (Fsp3) is 0.0435. The number of rotatable bonds is 7. The Morgan fingerprint density at radius 2 is 1.24 bits per heavy atom. The molecule has 184 valence electrons. The van der Waals surface area contributed by atoms with Gasteiger partial charge >= 0.3 is 0 Å². The molecule has 0 spiro atoms. The molecule has 0 atom stereocenters. The average Bonchev–Trinajstić information content (AvgIpc) is 3.49. The van der Waals surface area contributed by atoms with Crippen LogP contribution in [0.15, 0.2) is 71.4 Å². The second-order valence-corrected chi connectivity index (χ2v) is 8.22. The first kappa shape index (κ1) is 23.9. The van der Waals surface area contributed by atoms with E-state index in [4.69, 9.17) is 29.2 Å². The van der Waals surface area contributed by atoms with Crippen molar-refractivity contribution >= 4 is 36.9 Å². The molecule has 4 aromatic heterocycles. The van der Waals surface area contributed by atoms with Crippen LogP contribution in [0.5, 0.6) is 11.5 Å². The first-order chi connectivity index (χ1) is 18.0. The van der Waals surface area contributed by atoms with Crippen LogP contribution in [0.2, 0.25) is 0 Å². The lowest BCUT2D eigenvalue weighted by atomic mass is 10.1. The van der Waals surface area contributed by atoms with E-state index in [1.165, 1.54) is 28.9 Å². The van der Waals surface area contributed by atoms with Crippen LogP contribution >= 0.6 is 24.4 Å². The topological polar surface area (TPSA) is 147 Å². The highest BCUT2D eigenvalue weighted by Crippen LogP contribution is 2.27. The van der Waals surface area contributed by atoms with Gasteiger partial charge in [0.25, 0.3) is 0 Å². The summed E-state index contributed by atoms with van der Waals surface area (Å²) in [5.74, 6) is 1.39. The van der Waals surface area contributed by atoms with E-state index in [-0.39, 0.29) is 15.3 Å². The van der Waals surface area contributed by atoms with Crippen molar-refractivity contribution in [2.45, 2.75) is 0 Å². The van der Waals surface area contributed by atoms with Gasteiger partial charge in [-0.15, -0.1) is 0 Å². The molecule has 14 heteroatoms. The Balaban J connectivity index is 1.52. The highest BCUT2D eigenvalue weighted by molar-refractivity contribution is 7.71. The number of benzene rings is 1. The van der Waals surface area contributed by atoms with Gasteiger partial charge in [-0.1, -0.05) is 0 Å². The summed E-state index contributed by atoms with van der Waals surface area (Å²) in [6.07, 6.45) is 9.49. The monoisotopic (exact) mass is 530 g/mol. The highest BCUT2D eigenvalue weighted by Gasteiger charge is 2.12. The molecular formula is C23H18N10O2S2. The Morgan fingerprint density at radius 3 is 1.65 bits per heavy atom. The first-order valence-electron chi connectivity index (χ1n) is 10.7. The Labute approximate surface area is 219 Å². The van der Waals surface area contributed by atoms with Crippen molar-refractivity contribution in [3.8, 4) is 34.3 Å². The molecule has 12 nitrogen and oxygen atoms in total. The van der Waals surface area contributed by atoms with Crippen LogP contribution in [0.1, 0.15) is 11.1 Å². The van der Waals surface area contributed by atoms with Gasteiger partial charge in [0.1, 0.15) is 11.5 Å². The zero-order chi connectivity index (χ0) is 25.8. The molecule has 0 saturated carbocycles. The Morgan fingerprint density at radius 1 is 0.811 bits per heavy atom. The minimum Gasteiger partial charge on any atom is -0.507 e. The summed E-state index contributed by atoms with van der Waals surface area (Å²) in [5.41, 5.74) is 2.28. The van der Waals surface area contributed by atoms with Crippen molar-refractivity contribution in [2.75, 3.05) is 7.11 Å². The number of hydrogen-bond donors (Lipinski definition) is 3. The van der Waals surface area contributed by atoms with Crippen molar-refractivity contribution in [3.05, 3.63) is 81.9 Å². The second-order valence-electron chi connectivity index (χ2n) is 7.44. The molecule has 0 aliphatic heterocycles.